The summed E-state index contributed by atoms with van der Waals surface area (Å²) >= 11 is 0. The smallest absolute Gasteiger partial charge is 0.220 e. The van der Waals surface area contributed by atoms with Crippen LogP contribution < -0.4 is 5.32 Å². The van der Waals surface area contributed by atoms with Crippen LogP contribution in [0.4, 0.5) is 0 Å². The molecule has 0 saturated heterocycles. The highest BCUT2D eigenvalue weighted by Crippen LogP contribution is 2.48. The third kappa shape index (κ3) is 5.72. The number of hydrogen-bond donors (Lipinski definition) is 1. The van der Waals surface area contributed by atoms with Gasteiger partial charge < -0.3 is 10.1 Å². The van der Waals surface area contributed by atoms with Crippen LogP contribution in [0.5, 0.6) is 0 Å². The minimum absolute atomic E-state index is 0.149. The Morgan fingerprint density at radius 1 is 1.33 bits per heavy atom. The molecular formula is C18H25NO2. The molecule has 3 heteroatoms. The van der Waals surface area contributed by atoms with Gasteiger partial charge in [0.15, 0.2) is 0 Å². The highest BCUT2D eigenvalue weighted by atomic mass is 16.5. The molecule has 21 heavy (non-hydrogen) atoms. The van der Waals surface area contributed by atoms with E-state index in [1.54, 1.807) is 7.11 Å². The van der Waals surface area contributed by atoms with Crippen LogP contribution in [0.3, 0.4) is 0 Å². The summed E-state index contributed by atoms with van der Waals surface area (Å²) in [5.41, 5.74) is 1.50. The van der Waals surface area contributed by atoms with E-state index in [2.05, 4.69) is 29.6 Å². The van der Waals surface area contributed by atoms with Gasteiger partial charge in [0.1, 0.15) is 0 Å². The summed E-state index contributed by atoms with van der Waals surface area (Å²) in [5, 5.41) is 3.06. The molecule has 114 valence electrons. The fourth-order valence-corrected chi connectivity index (χ4v) is 2.38. The highest BCUT2D eigenvalue weighted by molar-refractivity contribution is 5.76. The third-order valence-corrected chi connectivity index (χ3v) is 4.10. The molecule has 1 aromatic rings. The van der Waals surface area contributed by atoms with E-state index in [-0.39, 0.29) is 5.91 Å². The summed E-state index contributed by atoms with van der Waals surface area (Å²) in [6, 6.07) is 10.2. The van der Waals surface area contributed by atoms with Gasteiger partial charge in [0, 0.05) is 26.7 Å². The van der Waals surface area contributed by atoms with Crippen molar-refractivity contribution < 1.29 is 9.53 Å². The third-order valence-electron chi connectivity index (χ3n) is 4.10. The molecule has 1 amide bonds. The average molecular weight is 287 g/mol. The van der Waals surface area contributed by atoms with Crippen LogP contribution in [0.1, 0.15) is 37.7 Å². The topological polar surface area (TPSA) is 38.3 Å². The Labute approximate surface area is 127 Å². The van der Waals surface area contributed by atoms with Gasteiger partial charge in [-0.25, -0.2) is 0 Å². The monoisotopic (exact) mass is 287 g/mol. The van der Waals surface area contributed by atoms with Crippen LogP contribution in [0, 0.1) is 5.41 Å². The fourth-order valence-electron chi connectivity index (χ4n) is 2.38. The first-order valence-electron chi connectivity index (χ1n) is 7.71. The number of hydrogen-bond acceptors (Lipinski definition) is 2. The summed E-state index contributed by atoms with van der Waals surface area (Å²) in [6.07, 6.45) is 8.95. The lowest BCUT2D eigenvalue weighted by Gasteiger charge is -2.15. The predicted octanol–water partition coefficient (Wildman–Crippen LogP) is 3.41. The van der Waals surface area contributed by atoms with Crippen LogP contribution in [0.15, 0.2) is 36.4 Å². The molecule has 1 fully saturated rings. The maximum absolute atomic E-state index is 11.8. The molecule has 0 heterocycles. The zero-order valence-electron chi connectivity index (χ0n) is 12.8. The lowest BCUT2D eigenvalue weighted by atomic mass is 10.0. The molecular weight excluding hydrogens is 262 g/mol. The van der Waals surface area contributed by atoms with E-state index < -0.39 is 0 Å². The number of ether oxygens (including phenoxy) is 1. The maximum atomic E-state index is 11.8. The zero-order chi connectivity index (χ0) is 15.0. The standard InChI is InChI=1S/C18H25NO2/c1-21-14-13-18(11-12-18)15-19-17(20)10-6-5-9-16-7-3-2-4-8-16/h2-5,7-9H,6,10-15H2,1H3,(H,19,20). The second kappa shape index (κ2) is 7.99. The molecule has 0 unspecified atom stereocenters. The highest BCUT2D eigenvalue weighted by Gasteiger charge is 2.41. The second-order valence-corrected chi connectivity index (χ2v) is 5.87. The normalized spacial score (nSPS) is 16.0. The van der Waals surface area contributed by atoms with Gasteiger partial charge in [-0.3, -0.25) is 4.79 Å². The van der Waals surface area contributed by atoms with Gasteiger partial charge in [-0.15, -0.1) is 0 Å². The van der Waals surface area contributed by atoms with Crippen molar-refractivity contribution in [2.24, 2.45) is 5.41 Å². The van der Waals surface area contributed by atoms with Gasteiger partial charge >= 0.3 is 0 Å². The summed E-state index contributed by atoms with van der Waals surface area (Å²) in [7, 11) is 1.73. The SMILES string of the molecule is COCCC1(CNC(=O)CCC=Cc2ccccc2)CC1. The lowest BCUT2D eigenvalue weighted by Crippen LogP contribution is -2.30. The molecule has 0 bridgehead atoms. The second-order valence-electron chi connectivity index (χ2n) is 5.87. The van der Waals surface area contributed by atoms with E-state index in [4.69, 9.17) is 4.74 Å². The molecule has 1 aliphatic rings. The van der Waals surface area contributed by atoms with E-state index in [0.29, 0.717) is 11.8 Å². The number of rotatable bonds is 9. The van der Waals surface area contributed by atoms with Gasteiger partial charge in [-0.2, -0.15) is 0 Å². The van der Waals surface area contributed by atoms with Crippen LogP contribution in [0.2, 0.25) is 0 Å². The van der Waals surface area contributed by atoms with Crippen molar-refractivity contribution in [3.05, 3.63) is 42.0 Å². The molecule has 0 aliphatic heterocycles. The van der Waals surface area contributed by atoms with Crippen molar-refractivity contribution in [3.63, 3.8) is 0 Å². The molecule has 0 atom stereocenters. The first-order chi connectivity index (χ1) is 10.2. The van der Waals surface area contributed by atoms with E-state index >= 15 is 0 Å². The summed E-state index contributed by atoms with van der Waals surface area (Å²) in [6.45, 7) is 1.59. The number of carbonyl (C=O) groups excluding carboxylic acids is 1. The largest absolute Gasteiger partial charge is 0.385 e. The molecule has 0 radical (unpaired) electrons. The van der Waals surface area contributed by atoms with Crippen LogP contribution >= 0.6 is 0 Å². The number of benzene rings is 1. The fraction of sp³-hybridized carbons (Fsp3) is 0.500. The number of amides is 1. The van der Waals surface area contributed by atoms with E-state index in [9.17, 15) is 4.79 Å². The molecule has 1 N–H and O–H groups in total. The molecule has 0 spiro atoms. The molecule has 0 aromatic heterocycles. The van der Waals surface area contributed by atoms with Crippen LogP contribution in [-0.4, -0.2) is 26.2 Å². The van der Waals surface area contributed by atoms with Gasteiger partial charge in [-0.1, -0.05) is 42.5 Å². The Morgan fingerprint density at radius 2 is 2.10 bits per heavy atom. The summed E-state index contributed by atoms with van der Waals surface area (Å²) in [5.74, 6) is 0.149. The lowest BCUT2D eigenvalue weighted by molar-refractivity contribution is -0.121. The Hall–Kier alpha value is -1.61. The first-order valence-corrected chi connectivity index (χ1v) is 7.71. The number of methoxy groups -OCH3 is 1. The van der Waals surface area contributed by atoms with Gasteiger partial charge in [0.2, 0.25) is 5.91 Å². The molecule has 2 rings (SSSR count). The van der Waals surface area contributed by atoms with Crippen LogP contribution in [-0.2, 0) is 9.53 Å². The molecule has 1 saturated carbocycles. The minimum Gasteiger partial charge on any atom is -0.385 e. The Bertz CT molecular complexity index is 463. The van der Waals surface area contributed by atoms with Crippen molar-refractivity contribution >= 4 is 12.0 Å². The van der Waals surface area contributed by atoms with Crippen molar-refractivity contribution in [3.8, 4) is 0 Å². The molecule has 3 nitrogen and oxygen atoms in total. The number of allylic oxidation sites excluding steroid dienone is 1. The van der Waals surface area contributed by atoms with Crippen molar-refractivity contribution in [2.45, 2.75) is 32.1 Å². The maximum Gasteiger partial charge on any atom is 0.220 e. The average Bonchev–Trinajstić information content (AvgIpc) is 3.29. The van der Waals surface area contributed by atoms with Gasteiger partial charge in [0.25, 0.3) is 0 Å². The van der Waals surface area contributed by atoms with Gasteiger partial charge in [-0.05, 0) is 36.7 Å². The Kier molecular flexibility index (Phi) is 6.00. The number of carbonyl (C=O) groups is 1. The van der Waals surface area contributed by atoms with E-state index in [1.807, 2.05) is 18.2 Å². The zero-order valence-corrected chi connectivity index (χ0v) is 12.8. The van der Waals surface area contributed by atoms with Crippen molar-refractivity contribution in [1.29, 1.82) is 0 Å². The molecule has 1 aliphatic carbocycles. The summed E-state index contributed by atoms with van der Waals surface area (Å²) < 4.78 is 5.12. The van der Waals surface area contributed by atoms with E-state index in [0.717, 1.165) is 26.0 Å². The van der Waals surface area contributed by atoms with Crippen molar-refractivity contribution in [2.75, 3.05) is 20.3 Å². The Balaban J connectivity index is 1.61. The van der Waals surface area contributed by atoms with Crippen LogP contribution in [0.25, 0.3) is 6.08 Å². The molecule has 1 aromatic carbocycles. The number of nitrogens with one attached hydrogen (secondary N) is 1. The van der Waals surface area contributed by atoms with Crippen molar-refractivity contribution in [1.82, 2.24) is 5.32 Å². The van der Waals surface area contributed by atoms with E-state index in [1.165, 1.54) is 18.4 Å². The first kappa shape index (κ1) is 15.8. The Morgan fingerprint density at radius 3 is 2.76 bits per heavy atom. The minimum atomic E-state index is 0.149. The van der Waals surface area contributed by atoms with Gasteiger partial charge in [0.05, 0.1) is 0 Å². The predicted molar refractivity (Wildman–Crippen MR) is 85.9 cm³/mol. The summed E-state index contributed by atoms with van der Waals surface area (Å²) in [4.78, 5) is 11.8. The quantitative estimate of drug-likeness (QED) is 0.756.